The molecule has 57 heavy (non-hydrogen) atoms. The topological polar surface area (TPSA) is 134 Å². The van der Waals surface area contributed by atoms with Gasteiger partial charge in [-0.15, -0.1) is 0 Å². The van der Waals surface area contributed by atoms with Crippen molar-refractivity contribution in [1.82, 2.24) is 20.0 Å². The molecule has 4 aliphatic heterocycles. The number of piperidine rings is 2. The smallest absolute Gasteiger partial charge is 0.423 e. The number of nitrogens with one attached hydrogen (secondary N) is 1. The molecule has 0 spiro atoms. The highest BCUT2D eigenvalue weighted by atomic mass is 16.4. The van der Waals surface area contributed by atoms with E-state index in [0.717, 1.165) is 71.4 Å². The average Bonchev–Trinajstić information content (AvgIpc) is 3.57. The van der Waals surface area contributed by atoms with E-state index in [4.69, 9.17) is 0 Å². The summed E-state index contributed by atoms with van der Waals surface area (Å²) in [6.45, 7) is 6.63. The molecule has 3 saturated heterocycles. The highest BCUT2D eigenvalue weighted by Gasteiger charge is 2.39. The number of carbonyl (C=O) groups excluding carboxylic acids is 4. The fraction of sp³-hybridized carbons (Fsp3) is 0.333. The molecule has 11 nitrogen and oxygen atoms in total. The molecular formula is C45H48BN5O6. The summed E-state index contributed by atoms with van der Waals surface area (Å²) in [6, 6.07) is 31.9. The van der Waals surface area contributed by atoms with Crippen LogP contribution in [0.15, 0.2) is 97.1 Å². The molecule has 3 fully saturated rings. The lowest BCUT2D eigenvalue weighted by atomic mass is 9.79. The fourth-order valence-electron chi connectivity index (χ4n) is 8.95. The zero-order valence-corrected chi connectivity index (χ0v) is 32.3. The summed E-state index contributed by atoms with van der Waals surface area (Å²) in [5.41, 5.74) is 9.80. The molecule has 0 aliphatic carbocycles. The molecule has 12 heteroatoms. The summed E-state index contributed by atoms with van der Waals surface area (Å²) in [7, 11) is -1.52. The molecule has 0 radical (unpaired) electrons. The SMILES string of the molecule is CC/C(=C(\c1ccc(B(O)O)cc1)c1ccc(N2CCN(C(=O)N3CCC(c4ccc5c(c4)CN(C4CCC(=O)NC4=O)C5=O)CC3)CC2)cc1)c1ccccc1. The van der Waals surface area contributed by atoms with Crippen molar-refractivity contribution < 1.29 is 29.2 Å². The Balaban J connectivity index is 0.876. The van der Waals surface area contributed by atoms with Gasteiger partial charge in [0.1, 0.15) is 6.04 Å². The van der Waals surface area contributed by atoms with E-state index in [0.29, 0.717) is 50.2 Å². The largest absolute Gasteiger partial charge is 0.488 e. The third-order valence-corrected chi connectivity index (χ3v) is 12.1. The number of imide groups is 1. The zero-order valence-electron chi connectivity index (χ0n) is 32.3. The van der Waals surface area contributed by atoms with E-state index in [1.54, 1.807) is 17.0 Å². The van der Waals surface area contributed by atoms with Gasteiger partial charge < -0.3 is 29.6 Å². The number of allylic oxidation sites excluding steroid dienone is 1. The van der Waals surface area contributed by atoms with Crippen molar-refractivity contribution >= 4 is 53.2 Å². The molecule has 5 amide bonds. The molecule has 4 aromatic rings. The van der Waals surface area contributed by atoms with Gasteiger partial charge >= 0.3 is 13.1 Å². The van der Waals surface area contributed by atoms with Gasteiger partial charge in [0.15, 0.2) is 0 Å². The van der Waals surface area contributed by atoms with Crippen molar-refractivity contribution in [2.75, 3.05) is 44.2 Å². The molecular weight excluding hydrogens is 717 g/mol. The molecule has 1 atom stereocenters. The van der Waals surface area contributed by atoms with Crippen molar-refractivity contribution in [2.24, 2.45) is 0 Å². The van der Waals surface area contributed by atoms with Gasteiger partial charge in [-0.3, -0.25) is 19.7 Å². The first-order chi connectivity index (χ1) is 27.7. The Morgan fingerprint density at radius 2 is 1.40 bits per heavy atom. The van der Waals surface area contributed by atoms with Crippen LogP contribution in [0.25, 0.3) is 11.1 Å². The summed E-state index contributed by atoms with van der Waals surface area (Å²) in [5, 5.41) is 21.7. The molecule has 3 N–H and O–H groups in total. The van der Waals surface area contributed by atoms with E-state index in [2.05, 4.69) is 59.6 Å². The van der Waals surface area contributed by atoms with E-state index in [9.17, 15) is 29.2 Å². The Morgan fingerprint density at radius 3 is 2.04 bits per heavy atom. The molecule has 0 aromatic heterocycles. The second-order valence-electron chi connectivity index (χ2n) is 15.5. The van der Waals surface area contributed by atoms with Gasteiger partial charge in [0.25, 0.3) is 5.91 Å². The van der Waals surface area contributed by atoms with Gasteiger partial charge in [-0.2, -0.15) is 0 Å². The number of anilines is 1. The van der Waals surface area contributed by atoms with Crippen LogP contribution >= 0.6 is 0 Å². The number of amides is 5. The van der Waals surface area contributed by atoms with Crippen molar-refractivity contribution in [2.45, 2.75) is 57.5 Å². The molecule has 8 rings (SSSR count). The Bertz CT molecular complexity index is 2180. The number of fused-ring (bicyclic) bond motifs is 1. The quantitative estimate of drug-likeness (QED) is 0.136. The van der Waals surface area contributed by atoms with Gasteiger partial charge in [0.05, 0.1) is 0 Å². The molecule has 4 heterocycles. The van der Waals surface area contributed by atoms with Gasteiger partial charge in [-0.05, 0) is 94.2 Å². The second-order valence-corrected chi connectivity index (χ2v) is 15.5. The van der Waals surface area contributed by atoms with Crippen LogP contribution in [0.2, 0.25) is 0 Å². The van der Waals surface area contributed by atoms with Crippen molar-refractivity contribution in [3.05, 3.63) is 130 Å². The van der Waals surface area contributed by atoms with Crippen LogP contribution in [0.4, 0.5) is 10.5 Å². The number of piperazine rings is 1. The first kappa shape index (κ1) is 38.2. The molecule has 0 saturated carbocycles. The van der Waals surface area contributed by atoms with Crippen LogP contribution in [0, 0.1) is 0 Å². The van der Waals surface area contributed by atoms with Crippen molar-refractivity contribution in [3.63, 3.8) is 0 Å². The van der Waals surface area contributed by atoms with Crippen LogP contribution in [0.1, 0.15) is 83.1 Å². The second kappa shape index (κ2) is 16.4. The highest BCUT2D eigenvalue weighted by molar-refractivity contribution is 6.58. The predicted molar refractivity (Wildman–Crippen MR) is 221 cm³/mol. The number of rotatable bonds is 8. The minimum Gasteiger partial charge on any atom is -0.423 e. The number of urea groups is 1. The fourth-order valence-corrected chi connectivity index (χ4v) is 8.95. The van der Waals surface area contributed by atoms with Crippen molar-refractivity contribution in [3.8, 4) is 0 Å². The Morgan fingerprint density at radius 1 is 0.754 bits per heavy atom. The van der Waals surface area contributed by atoms with Crippen LogP contribution in [0.5, 0.6) is 0 Å². The Kier molecular flexibility index (Phi) is 11.0. The Labute approximate surface area is 333 Å². The molecule has 4 aromatic carbocycles. The summed E-state index contributed by atoms with van der Waals surface area (Å²) in [5.74, 6) is -0.581. The van der Waals surface area contributed by atoms with Crippen LogP contribution < -0.4 is 15.7 Å². The summed E-state index contributed by atoms with van der Waals surface area (Å²) >= 11 is 0. The average molecular weight is 766 g/mol. The Hall–Kier alpha value is -5.72. The molecule has 292 valence electrons. The zero-order chi connectivity index (χ0) is 39.6. The predicted octanol–water partition coefficient (Wildman–Crippen LogP) is 4.62. The minimum atomic E-state index is -1.52. The third-order valence-electron chi connectivity index (χ3n) is 12.1. The van der Waals surface area contributed by atoms with E-state index in [-0.39, 0.29) is 30.2 Å². The van der Waals surface area contributed by atoms with Crippen molar-refractivity contribution in [1.29, 1.82) is 0 Å². The lowest BCUT2D eigenvalue weighted by Gasteiger charge is -2.40. The van der Waals surface area contributed by atoms with Crippen LogP contribution in [0.3, 0.4) is 0 Å². The van der Waals surface area contributed by atoms with Crippen LogP contribution in [-0.4, -0.2) is 101 Å². The summed E-state index contributed by atoms with van der Waals surface area (Å²) in [6.07, 6.45) is 3.08. The number of nitrogens with zero attached hydrogens (tertiary/aromatic N) is 4. The van der Waals surface area contributed by atoms with Gasteiger partial charge in [0, 0.05) is 63.5 Å². The third kappa shape index (κ3) is 7.84. The lowest BCUT2D eigenvalue weighted by molar-refractivity contribution is -0.136. The summed E-state index contributed by atoms with van der Waals surface area (Å²) < 4.78 is 0. The van der Waals surface area contributed by atoms with E-state index >= 15 is 0 Å². The summed E-state index contributed by atoms with van der Waals surface area (Å²) in [4.78, 5) is 58.8. The maximum absolute atomic E-state index is 13.7. The molecule has 0 bridgehead atoms. The number of hydrogen-bond donors (Lipinski definition) is 3. The lowest BCUT2D eigenvalue weighted by Crippen LogP contribution is -2.54. The van der Waals surface area contributed by atoms with E-state index in [1.807, 2.05) is 52.3 Å². The van der Waals surface area contributed by atoms with E-state index < -0.39 is 19.1 Å². The van der Waals surface area contributed by atoms with Gasteiger partial charge in [0.2, 0.25) is 11.8 Å². The monoisotopic (exact) mass is 765 g/mol. The van der Waals surface area contributed by atoms with Gasteiger partial charge in [-0.25, -0.2) is 4.79 Å². The maximum Gasteiger partial charge on any atom is 0.488 e. The normalized spacial score (nSPS) is 19.4. The minimum absolute atomic E-state index is 0.0883. The van der Waals surface area contributed by atoms with E-state index in [1.165, 1.54) is 5.57 Å². The number of carbonyl (C=O) groups is 4. The molecule has 1 unspecified atom stereocenters. The highest BCUT2D eigenvalue weighted by Crippen LogP contribution is 2.36. The number of hydrogen-bond acceptors (Lipinski definition) is 7. The number of likely N-dealkylation sites (tertiary alicyclic amines) is 1. The van der Waals surface area contributed by atoms with Crippen LogP contribution in [-0.2, 0) is 16.1 Å². The van der Waals surface area contributed by atoms with Gasteiger partial charge in [-0.1, -0.05) is 85.8 Å². The standard InChI is InChI=1S/C45H48BN5O6/c1-2-38(31-6-4-3-5-7-31)42(32-8-13-36(14-9-32)46(56)57)33-10-15-37(16-11-33)48-24-26-50(27-25-48)45(55)49-22-20-30(21-23-49)34-12-17-39-35(28-34)29-51(44(39)54)40-18-19-41(52)47-43(40)53/h3-17,28,30,40,56-57H,2,18-27,29H2,1H3,(H,47,52,53)/b42-38-. The first-order valence-corrected chi connectivity index (χ1v) is 20.1. The molecule has 4 aliphatic rings. The maximum atomic E-state index is 13.7. The number of benzene rings is 4. The first-order valence-electron chi connectivity index (χ1n) is 20.1.